The van der Waals surface area contributed by atoms with Crippen LogP contribution in [0.3, 0.4) is 0 Å². The number of hydrogen-bond acceptors (Lipinski definition) is 5. The first-order valence-corrected chi connectivity index (χ1v) is 6.86. The molecule has 3 rings (SSSR count). The summed E-state index contributed by atoms with van der Waals surface area (Å²) in [5.74, 6) is -0.638. The van der Waals surface area contributed by atoms with Gasteiger partial charge in [-0.1, -0.05) is 15.9 Å². The number of halogens is 1. The van der Waals surface area contributed by atoms with Crippen LogP contribution in [0.5, 0.6) is 0 Å². The molecule has 0 aliphatic heterocycles. The second kappa shape index (κ2) is 5.46. The molecule has 2 aromatic heterocycles. The van der Waals surface area contributed by atoms with Gasteiger partial charge >= 0.3 is 5.63 Å². The molecule has 7 nitrogen and oxygen atoms in total. The maximum Gasteiger partial charge on any atom is 0.349 e. The van der Waals surface area contributed by atoms with Crippen LogP contribution >= 0.6 is 15.9 Å². The van der Waals surface area contributed by atoms with Crippen LogP contribution in [0.4, 0.5) is 5.82 Å². The van der Waals surface area contributed by atoms with Gasteiger partial charge in [0.2, 0.25) is 0 Å². The van der Waals surface area contributed by atoms with Crippen molar-refractivity contribution in [2.24, 2.45) is 0 Å². The number of aromatic amines is 1. The van der Waals surface area contributed by atoms with E-state index in [1.54, 1.807) is 18.2 Å². The van der Waals surface area contributed by atoms with Crippen molar-refractivity contribution in [1.29, 1.82) is 5.26 Å². The second-order valence-electron chi connectivity index (χ2n) is 4.32. The lowest BCUT2D eigenvalue weighted by atomic mass is 10.2. The first-order chi connectivity index (χ1) is 10.6. The van der Waals surface area contributed by atoms with E-state index in [2.05, 4.69) is 31.2 Å². The number of nitriles is 1. The Bertz CT molecular complexity index is 984. The van der Waals surface area contributed by atoms with Crippen molar-refractivity contribution in [2.75, 3.05) is 5.32 Å². The number of benzene rings is 1. The van der Waals surface area contributed by atoms with Crippen LogP contribution in [0.2, 0.25) is 0 Å². The zero-order valence-electron chi connectivity index (χ0n) is 10.9. The number of H-pyrrole nitrogens is 1. The SMILES string of the molecule is N#Cc1[nH]cnc1NC(=O)c1cc2cc(Br)ccc2oc1=O. The fourth-order valence-corrected chi connectivity index (χ4v) is 2.28. The molecule has 0 unspecified atom stereocenters. The predicted octanol–water partition coefficient (Wildman–Crippen LogP) is 2.40. The lowest BCUT2D eigenvalue weighted by Crippen LogP contribution is -2.21. The number of carbonyl (C=O) groups is 1. The first kappa shape index (κ1) is 14.0. The molecule has 2 N–H and O–H groups in total. The quantitative estimate of drug-likeness (QED) is 0.683. The third-order valence-electron chi connectivity index (χ3n) is 2.92. The minimum absolute atomic E-state index is 0.0567. The Morgan fingerprint density at radius 2 is 2.23 bits per heavy atom. The number of hydrogen-bond donors (Lipinski definition) is 2. The maximum absolute atomic E-state index is 12.2. The van der Waals surface area contributed by atoms with E-state index in [0.717, 1.165) is 4.47 Å². The molecular weight excluding hydrogens is 352 g/mol. The van der Waals surface area contributed by atoms with E-state index in [9.17, 15) is 9.59 Å². The van der Waals surface area contributed by atoms with Crippen molar-refractivity contribution in [2.45, 2.75) is 0 Å². The number of rotatable bonds is 2. The molecule has 22 heavy (non-hydrogen) atoms. The summed E-state index contributed by atoms with van der Waals surface area (Å²) in [4.78, 5) is 30.5. The van der Waals surface area contributed by atoms with Gasteiger partial charge in [0, 0.05) is 9.86 Å². The Labute approximate surface area is 131 Å². The maximum atomic E-state index is 12.2. The predicted molar refractivity (Wildman–Crippen MR) is 81.4 cm³/mol. The zero-order valence-corrected chi connectivity index (χ0v) is 12.5. The van der Waals surface area contributed by atoms with E-state index >= 15 is 0 Å². The molecule has 0 saturated carbocycles. The van der Waals surface area contributed by atoms with Crippen molar-refractivity contribution >= 4 is 38.6 Å². The molecule has 0 spiro atoms. The summed E-state index contributed by atoms with van der Waals surface area (Å²) >= 11 is 3.31. The number of amides is 1. The molecule has 1 aromatic carbocycles. The highest BCUT2D eigenvalue weighted by molar-refractivity contribution is 9.10. The number of fused-ring (bicyclic) bond motifs is 1. The van der Waals surface area contributed by atoms with Gasteiger partial charge in [-0.3, -0.25) is 4.79 Å². The summed E-state index contributed by atoms with van der Waals surface area (Å²) in [7, 11) is 0. The van der Waals surface area contributed by atoms with Gasteiger partial charge in [-0.15, -0.1) is 0 Å². The van der Waals surface area contributed by atoms with Gasteiger partial charge < -0.3 is 14.7 Å². The molecule has 2 heterocycles. The minimum Gasteiger partial charge on any atom is -0.422 e. The number of nitrogens with one attached hydrogen (secondary N) is 2. The van der Waals surface area contributed by atoms with E-state index in [0.29, 0.717) is 11.0 Å². The molecule has 0 saturated heterocycles. The van der Waals surface area contributed by atoms with Crippen LogP contribution in [-0.4, -0.2) is 15.9 Å². The van der Waals surface area contributed by atoms with Crippen LogP contribution in [0.15, 0.2) is 44.3 Å². The zero-order chi connectivity index (χ0) is 15.7. The van der Waals surface area contributed by atoms with Crippen LogP contribution < -0.4 is 10.9 Å². The van der Waals surface area contributed by atoms with Crippen LogP contribution in [0, 0.1) is 11.3 Å². The lowest BCUT2D eigenvalue weighted by Gasteiger charge is -2.03. The van der Waals surface area contributed by atoms with Gasteiger partial charge in [0.1, 0.15) is 17.2 Å². The third-order valence-corrected chi connectivity index (χ3v) is 3.42. The van der Waals surface area contributed by atoms with E-state index in [4.69, 9.17) is 9.68 Å². The smallest absolute Gasteiger partial charge is 0.349 e. The van der Waals surface area contributed by atoms with Gasteiger partial charge in [0.15, 0.2) is 11.5 Å². The second-order valence-corrected chi connectivity index (χ2v) is 5.24. The van der Waals surface area contributed by atoms with Crippen molar-refractivity contribution in [3.8, 4) is 6.07 Å². The average molecular weight is 359 g/mol. The van der Waals surface area contributed by atoms with Crippen LogP contribution in [0.1, 0.15) is 16.1 Å². The molecule has 0 aliphatic rings. The van der Waals surface area contributed by atoms with Gasteiger partial charge in [-0.25, -0.2) is 9.78 Å². The highest BCUT2D eigenvalue weighted by atomic mass is 79.9. The largest absolute Gasteiger partial charge is 0.422 e. The molecule has 1 amide bonds. The highest BCUT2D eigenvalue weighted by Crippen LogP contribution is 2.19. The first-order valence-electron chi connectivity index (χ1n) is 6.06. The monoisotopic (exact) mass is 358 g/mol. The summed E-state index contributed by atoms with van der Waals surface area (Å²) in [6, 6.07) is 8.36. The summed E-state index contributed by atoms with van der Waals surface area (Å²) in [6.45, 7) is 0. The third kappa shape index (κ3) is 2.49. The van der Waals surface area contributed by atoms with Gasteiger partial charge in [-0.2, -0.15) is 5.26 Å². The molecule has 8 heteroatoms. The van der Waals surface area contributed by atoms with E-state index in [1.165, 1.54) is 12.4 Å². The average Bonchev–Trinajstić information content (AvgIpc) is 2.94. The molecule has 0 aliphatic carbocycles. The van der Waals surface area contributed by atoms with E-state index < -0.39 is 11.5 Å². The Morgan fingerprint density at radius 3 is 3.00 bits per heavy atom. The standard InChI is InChI=1S/C14H7BrN4O3/c15-8-1-2-11-7(3-8)4-9(14(21)22-11)13(20)19-12-10(5-16)17-6-18-12/h1-4,6H,(H,17,18)(H,19,20). The van der Waals surface area contributed by atoms with Gasteiger partial charge in [0.05, 0.1) is 6.33 Å². The minimum atomic E-state index is -0.763. The summed E-state index contributed by atoms with van der Waals surface area (Å²) < 4.78 is 5.91. The van der Waals surface area contributed by atoms with Crippen molar-refractivity contribution in [1.82, 2.24) is 9.97 Å². The fraction of sp³-hybridized carbons (Fsp3) is 0. The fourth-order valence-electron chi connectivity index (χ4n) is 1.90. The Balaban J connectivity index is 2.02. The molecule has 0 fully saturated rings. The number of anilines is 1. The Morgan fingerprint density at radius 1 is 1.41 bits per heavy atom. The molecule has 0 atom stereocenters. The number of aromatic nitrogens is 2. The number of carbonyl (C=O) groups excluding carboxylic acids is 1. The van der Waals surface area contributed by atoms with Gasteiger partial charge in [0.25, 0.3) is 5.91 Å². The molecule has 0 bridgehead atoms. The van der Waals surface area contributed by atoms with Crippen molar-refractivity contribution < 1.29 is 9.21 Å². The molecule has 3 aromatic rings. The van der Waals surface area contributed by atoms with Crippen LogP contribution in [0.25, 0.3) is 11.0 Å². The number of nitrogens with zero attached hydrogens (tertiary/aromatic N) is 2. The summed E-state index contributed by atoms with van der Waals surface area (Å²) in [5.41, 5.74) is -0.456. The lowest BCUT2D eigenvalue weighted by molar-refractivity contribution is 0.102. The molecule has 0 radical (unpaired) electrons. The van der Waals surface area contributed by atoms with E-state index in [1.807, 2.05) is 6.07 Å². The topological polar surface area (TPSA) is 112 Å². The molecule has 108 valence electrons. The number of imidazole rings is 1. The Kier molecular flexibility index (Phi) is 3.48. The van der Waals surface area contributed by atoms with Crippen molar-refractivity contribution in [3.63, 3.8) is 0 Å². The normalized spacial score (nSPS) is 10.4. The summed E-state index contributed by atoms with van der Waals surface area (Å²) in [5, 5.41) is 11.9. The Hall–Kier alpha value is -2.92. The van der Waals surface area contributed by atoms with Crippen molar-refractivity contribution in [3.05, 3.63) is 56.7 Å². The summed E-state index contributed by atoms with van der Waals surface area (Å²) in [6.07, 6.45) is 1.27. The van der Waals surface area contributed by atoms with E-state index in [-0.39, 0.29) is 17.1 Å². The van der Waals surface area contributed by atoms with Crippen LogP contribution in [-0.2, 0) is 0 Å². The molecular formula is C14H7BrN4O3. The highest BCUT2D eigenvalue weighted by Gasteiger charge is 2.16. The van der Waals surface area contributed by atoms with Gasteiger partial charge in [-0.05, 0) is 24.3 Å².